The molecule has 31 heavy (non-hydrogen) atoms. The molecule has 0 aliphatic rings. The molecule has 0 saturated heterocycles. The zero-order valence-electron chi connectivity index (χ0n) is 16.6. The Morgan fingerprint density at radius 2 is 1.97 bits per heavy atom. The molecule has 1 aromatic carbocycles. The molecule has 0 fully saturated rings. The first-order chi connectivity index (χ1) is 15.1. The fraction of sp³-hybridized carbons (Fsp3) is 0.100. The molecule has 0 aliphatic heterocycles. The zero-order valence-corrected chi connectivity index (χ0v) is 17.4. The van der Waals surface area contributed by atoms with Gasteiger partial charge >= 0.3 is 5.16 Å². The Kier molecular flexibility index (Phi) is 4.81. The van der Waals surface area contributed by atoms with Gasteiger partial charge in [-0.1, -0.05) is 0 Å². The molecule has 0 radical (unpaired) electrons. The highest BCUT2D eigenvalue weighted by Crippen LogP contribution is 2.29. The molecule has 5 rings (SSSR count). The summed E-state index contributed by atoms with van der Waals surface area (Å²) in [5.41, 5.74) is 3.50. The maximum absolute atomic E-state index is 11.8. The second kappa shape index (κ2) is 7.78. The van der Waals surface area contributed by atoms with Crippen LogP contribution < -0.4 is 10.1 Å². The van der Waals surface area contributed by atoms with Crippen molar-refractivity contribution in [3.05, 3.63) is 60.9 Å². The number of aryl methyl sites for hydroxylation is 1. The summed E-state index contributed by atoms with van der Waals surface area (Å²) in [6.45, 7) is 1.95. The van der Waals surface area contributed by atoms with Crippen LogP contribution in [0.2, 0.25) is 0 Å². The van der Waals surface area contributed by atoms with Gasteiger partial charge in [-0.05, 0) is 36.8 Å². The quantitative estimate of drug-likeness (QED) is 0.329. The molecule has 5 aromatic rings. The number of pyridine rings is 1. The topological polar surface area (TPSA) is 126 Å². The number of rotatable bonds is 5. The van der Waals surface area contributed by atoms with Gasteiger partial charge < -0.3 is 14.6 Å². The summed E-state index contributed by atoms with van der Waals surface area (Å²) in [6, 6.07) is 9.34. The van der Waals surface area contributed by atoms with Crippen LogP contribution in [0, 0.1) is 6.92 Å². The second-order valence-electron chi connectivity index (χ2n) is 6.70. The van der Waals surface area contributed by atoms with E-state index in [0.29, 0.717) is 34.0 Å². The van der Waals surface area contributed by atoms with Crippen LogP contribution in [0.4, 0.5) is 11.5 Å². The number of ether oxygens (including phenoxy) is 1. The summed E-state index contributed by atoms with van der Waals surface area (Å²) in [4.78, 5) is 21.1. The van der Waals surface area contributed by atoms with Crippen molar-refractivity contribution in [2.24, 2.45) is 0 Å². The maximum atomic E-state index is 11.8. The number of hydrogen-bond acceptors (Lipinski definition) is 9. The highest BCUT2D eigenvalue weighted by Gasteiger charge is 2.14. The van der Waals surface area contributed by atoms with Gasteiger partial charge in [-0.2, -0.15) is 15.1 Å². The summed E-state index contributed by atoms with van der Waals surface area (Å²) in [6.07, 6.45) is 7.79. The molecule has 1 unspecified atom stereocenters. The molecule has 4 aromatic heterocycles. The minimum absolute atomic E-state index is 0.231. The van der Waals surface area contributed by atoms with E-state index in [1.807, 2.05) is 37.3 Å². The van der Waals surface area contributed by atoms with E-state index in [0.717, 1.165) is 11.3 Å². The molecule has 0 aliphatic carbocycles. The van der Waals surface area contributed by atoms with Crippen molar-refractivity contribution in [1.82, 2.24) is 34.5 Å². The van der Waals surface area contributed by atoms with Crippen LogP contribution in [-0.2, 0) is 11.2 Å². The fourth-order valence-corrected chi connectivity index (χ4v) is 3.45. The van der Waals surface area contributed by atoms with Crippen molar-refractivity contribution in [3.63, 3.8) is 0 Å². The average Bonchev–Trinajstić information content (AvgIpc) is 3.23. The Bertz CT molecular complexity index is 1400. The lowest BCUT2D eigenvalue weighted by molar-refractivity contribution is 0.478. The number of anilines is 2. The van der Waals surface area contributed by atoms with Gasteiger partial charge in [0.25, 0.3) is 0 Å². The summed E-state index contributed by atoms with van der Waals surface area (Å²) < 4.78 is 19.4. The van der Waals surface area contributed by atoms with E-state index in [4.69, 9.17) is 4.74 Å². The number of hydrogen-bond donors (Lipinski definition) is 1. The highest BCUT2D eigenvalue weighted by molar-refractivity contribution is 7.90. The lowest BCUT2D eigenvalue weighted by Gasteiger charge is -2.12. The first-order valence-corrected chi connectivity index (χ1v) is 10.8. The minimum Gasteiger partial charge on any atom is -0.609 e. The number of aromatic nitrogens is 7. The normalized spacial score (nSPS) is 12.2. The fourth-order valence-electron chi connectivity index (χ4n) is 3.03. The summed E-state index contributed by atoms with van der Waals surface area (Å²) >= 11 is -1.30. The van der Waals surface area contributed by atoms with E-state index in [1.165, 1.54) is 18.9 Å². The molecule has 0 saturated carbocycles. The Morgan fingerprint density at radius 1 is 1.06 bits per heavy atom. The third kappa shape index (κ3) is 3.83. The Hall–Kier alpha value is -3.83. The third-order valence-corrected chi connectivity index (χ3v) is 5.24. The predicted molar refractivity (Wildman–Crippen MR) is 115 cm³/mol. The number of nitrogens with zero attached hydrogens (tertiary/aromatic N) is 7. The largest absolute Gasteiger partial charge is 0.609 e. The van der Waals surface area contributed by atoms with Gasteiger partial charge in [-0.3, -0.25) is 0 Å². The number of fused-ring (bicyclic) bond motifs is 2. The Morgan fingerprint density at radius 3 is 2.81 bits per heavy atom. The van der Waals surface area contributed by atoms with Crippen molar-refractivity contribution in [1.29, 1.82) is 0 Å². The molecule has 1 atom stereocenters. The van der Waals surface area contributed by atoms with Crippen LogP contribution in [0.15, 0.2) is 60.5 Å². The van der Waals surface area contributed by atoms with Gasteiger partial charge in [-0.15, -0.1) is 0 Å². The molecular weight excluding hydrogens is 416 g/mol. The predicted octanol–water partition coefficient (Wildman–Crippen LogP) is 3.04. The summed E-state index contributed by atoms with van der Waals surface area (Å²) in [5, 5.41) is 7.56. The summed E-state index contributed by atoms with van der Waals surface area (Å²) in [7, 11) is 0. The molecule has 0 bridgehead atoms. The van der Waals surface area contributed by atoms with Crippen molar-refractivity contribution >= 4 is 39.4 Å². The third-order valence-electron chi connectivity index (χ3n) is 4.53. The highest BCUT2D eigenvalue weighted by atomic mass is 32.2. The monoisotopic (exact) mass is 432 g/mol. The van der Waals surface area contributed by atoms with Gasteiger partial charge in [0.2, 0.25) is 0 Å². The van der Waals surface area contributed by atoms with Crippen LogP contribution in [0.25, 0.3) is 16.7 Å². The molecule has 154 valence electrons. The number of benzene rings is 1. The molecule has 11 heteroatoms. The minimum atomic E-state index is -1.30. The standard InChI is InChI=1S/C20H16N8O2S/c1-12-7-13(3-4-16(12)30-14-5-6-28-17(8-14)23-11-25-28)26-19-18-15(22-10-24-19)9-21-20(27-18)31(2)29/h3-11H,1-2H3,(H,22,24,26). The Labute approximate surface area is 179 Å². The van der Waals surface area contributed by atoms with Gasteiger partial charge in [-0.25, -0.2) is 19.5 Å². The van der Waals surface area contributed by atoms with Crippen molar-refractivity contribution < 1.29 is 9.29 Å². The van der Waals surface area contributed by atoms with Crippen molar-refractivity contribution in [3.8, 4) is 11.5 Å². The van der Waals surface area contributed by atoms with Crippen LogP contribution in [0.5, 0.6) is 11.5 Å². The molecule has 0 amide bonds. The van der Waals surface area contributed by atoms with Crippen LogP contribution in [0.3, 0.4) is 0 Å². The lowest BCUT2D eigenvalue weighted by atomic mass is 10.2. The first kappa shape index (κ1) is 19.2. The van der Waals surface area contributed by atoms with E-state index in [-0.39, 0.29) is 5.16 Å². The van der Waals surface area contributed by atoms with Crippen molar-refractivity contribution in [2.75, 3.05) is 11.6 Å². The van der Waals surface area contributed by atoms with Gasteiger partial charge in [0.15, 0.2) is 11.5 Å². The lowest BCUT2D eigenvalue weighted by Crippen LogP contribution is -2.06. The zero-order chi connectivity index (χ0) is 21.4. The molecule has 4 heterocycles. The van der Waals surface area contributed by atoms with Gasteiger partial charge in [0.1, 0.15) is 41.4 Å². The SMILES string of the molecule is Cc1cc(Nc2ncnc3cnc([S+](C)[O-])nc23)ccc1Oc1ccn2ncnc2c1. The van der Waals surface area contributed by atoms with Crippen molar-refractivity contribution in [2.45, 2.75) is 12.1 Å². The average molecular weight is 432 g/mol. The van der Waals surface area contributed by atoms with E-state index in [1.54, 1.807) is 16.9 Å². The first-order valence-electron chi connectivity index (χ1n) is 9.23. The van der Waals surface area contributed by atoms with E-state index >= 15 is 0 Å². The van der Waals surface area contributed by atoms with E-state index < -0.39 is 11.2 Å². The summed E-state index contributed by atoms with van der Waals surface area (Å²) in [5.74, 6) is 1.89. The maximum Gasteiger partial charge on any atom is 0.343 e. The van der Waals surface area contributed by atoms with Crippen LogP contribution in [-0.4, -0.2) is 45.3 Å². The van der Waals surface area contributed by atoms with Gasteiger partial charge in [0, 0.05) is 29.1 Å². The molecule has 0 spiro atoms. The van der Waals surface area contributed by atoms with E-state index in [9.17, 15) is 4.55 Å². The van der Waals surface area contributed by atoms with Crippen LogP contribution in [0.1, 0.15) is 5.56 Å². The van der Waals surface area contributed by atoms with E-state index in [2.05, 4.69) is 35.3 Å². The molecular formula is C20H16N8O2S. The molecule has 10 nitrogen and oxygen atoms in total. The van der Waals surface area contributed by atoms with Crippen LogP contribution >= 0.6 is 0 Å². The smallest absolute Gasteiger partial charge is 0.343 e. The number of nitrogens with one attached hydrogen (secondary N) is 1. The van der Waals surface area contributed by atoms with Gasteiger partial charge in [0.05, 0.1) is 6.20 Å². The molecule has 1 N–H and O–H groups in total. The Balaban J connectivity index is 1.42. The second-order valence-corrected chi connectivity index (χ2v) is 7.97.